The van der Waals surface area contributed by atoms with Crippen LogP contribution in [-0.4, -0.2) is 4.46 Å². The second-order valence-corrected chi connectivity index (χ2v) is 3.68. The minimum Gasteiger partial charge on any atom is -0.483 e. The minimum atomic E-state index is -1.14. The van der Waals surface area contributed by atoms with E-state index in [1.54, 1.807) is 0 Å². The van der Waals surface area contributed by atoms with Gasteiger partial charge in [-0.05, 0) is 6.42 Å². The van der Waals surface area contributed by atoms with E-state index in [4.69, 9.17) is 34.7 Å². The van der Waals surface area contributed by atoms with E-state index in [0.717, 1.165) is 0 Å². The molecule has 0 aromatic carbocycles. The van der Waals surface area contributed by atoms with Gasteiger partial charge in [-0.3, -0.25) is 6.54 Å². The fourth-order valence-corrected chi connectivity index (χ4v) is 0.984. The summed E-state index contributed by atoms with van der Waals surface area (Å²) in [6.07, 6.45) is 0.479. The fourth-order valence-electron chi connectivity index (χ4n) is 0.497. The predicted octanol–water partition coefficient (Wildman–Crippen LogP) is 1.22. The number of nitrogens with two attached hydrogens (primary N) is 2. The van der Waals surface area contributed by atoms with Crippen LogP contribution in [0.5, 0.6) is 0 Å². The molecular weight excluding hydrogens is 354 g/mol. The van der Waals surface area contributed by atoms with Crippen LogP contribution < -0.4 is 11.5 Å². The van der Waals surface area contributed by atoms with Crippen LogP contribution in [0.15, 0.2) is 0 Å². The first-order chi connectivity index (χ1) is 3.95. The van der Waals surface area contributed by atoms with Crippen molar-refractivity contribution in [3.05, 3.63) is 6.54 Å². The van der Waals surface area contributed by atoms with Crippen molar-refractivity contribution in [1.29, 1.82) is 0 Å². The first-order valence-electron chi connectivity index (χ1n) is 2.67. The maximum Gasteiger partial charge on any atom is 0.164 e. The average molecular weight is 365 g/mol. The summed E-state index contributed by atoms with van der Waals surface area (Å²) in [6, 6.07) is 0. The predicted molar refractivity (Wildman–Crippen MR) is 40.9 cm³/mol. The monoisotopic (exact) mass is 364 g/mol. The van der Waals surface area contributed by atoms with Gasteiger partial charge in [-0.2, -0.15) is 5.92 Å². The van der Waals surface area contributed by atoms with E-state index in [1.165, 1.54) is 6.54 Å². The Morgan fingerprint density at radius 1 is 1.60 bits per heavy atom. The molecule has 0 aliphatic rings. The number of rotatable bonds is 3. The summed E-state index contributed by atoms with van der Waals surface area (Å²) in [5.74, 6) is 0.157. The first-order valence-corrected chi connectivity index (χ1v) is 3.43. The van der Waals surface area contributed by atoms with Gasteiger partial charge < -0.3 is 11.5 Å². The number of hydrogen-bond donors (Lipinski definition) is 2. The quantitative estimate of drug-likeness (QED) is 0.449. The number of alkyl halides is 2. The molecule has 0 saturated carbocycles. The van der Waals surface area contributed by atoms with Crippen LogP contribution in [0.1, 0.15) is 13.3 Å². The fraction of sp³-hybridized carbons (Fsp3) is 0.800. The van der Waals surface area contributed by atoms with E-state index >= 15 is 0 Å². The molecule has 0 heterocycles. The third-order valence-corrected chi connectivity index (χ3v) is 1.23. The molecule has 4 N–H and O–H groups in total. The molecule has 0 spiro atoms. The van der Waals surface area contributed by atoms with Crippen molar-refractivity contribution < 1.29 is 21.1 Å². The van der Waals surface area contributed by atoms with Gasteiger partial charge in [0.2, 0.25) is 0 Å². The van der Waals surface area contributed by atoms with Gasteiger partial charge in [0.15, 0.2) is 4.46 Å². The van der Waals surface area contributed by atoms with Crippen LogP contribution in [0.2, 0.25) is 0 Å². The molecule has 2 nitrogen and oxygen atoms in total. The molecule has 0 saturated heterocycles. The summed E-state index contributed by atoms with van der Waals surface area (Å²) in [5.41, 5.74) is 10.4. The standard InChI is InChI=1S/C5H11Cl2N2.Pt/c1-4(3-8)2-5(6,7)9;/h3-4H,2,8-9H2,1H3;/q-1;. The van der Waals surface area contributed by atoms with Crippen LogP contribution in [0.3, 0.4) is 0 Å². The topological polar surface area (TPSA) is 52.0 Å². The second-order valence-electron chi connectivity index (χ2n) is 2.13. The summed E-state index contributed by atoms with van der Waals surface area (Å²) in [7, 11) is 0. The second kappa shape index (κ2) is 5.79. The third-order valence-electron chi connectivity index (χ3n) is 0.923. The Kier molecular flexibility index (Phi) is 7.96. The molecule has 0 amide bonds. The van der Waals surface area contributed by atoms with Crippen molar-refractivity contribution in [3.8, 4) is 0 Å². The molecule has 0 fully saturated rings. The average Bonchev–Trinajstić information content (AvgIpc) is 1.62. The van der Waals surface area contributed by atoms with Crippen molar-refractivity contribution in [2.45, 2.75) is 17.8 Å². The Bertz CT molecular complexity index is 84.2. The van der Waals surface area contributed by atoms with Crippen LogP contribution in [0.4, 0.5) is 0 Å². The van der Waals surface area contributed by atoms with E-state index in [1.807, 2.05) is 6.92 Å². The molecule has 0 aromatic heterocycles. The molecule has 0 radical (unpaired) electrons. The van der Waals surface area contributed by atoms with Crippen LogP contribution in [0.25, 0.3) is 0 Å². The summed E-state index contributed by atoms with van der Waals surface area (Å²) in [6.45, 7) is 3.42. The zero-order chi connectivity index (χ0) is 7.49. The molecular formula is C5H11Cl2N2Pt-. The molecule has 1 atom stereocenters. The van der Waals surface area contributed by atoms with Gasteiger partial charge in [0.05, 0.1) is 0 Å². The van der Waals surface area contributed by atoms with E-state index < -0.39 is 4.46 Å². The van der Waals surface area contributed by atoms with Gasteiger partial charge in [-0.25, -0.2) is 0 Å². The molecule has 0 bridgehead atoms. The van der Waals surface area contributed by atoms with Crippen molar-refractivity contribution in [3.63, 3.8) is 0 Å². The van der Waals surface area contributed by atoms with Crippen molar-refractivity contribution >= 4 is 23.2 Å². The Balaban J connectivity index is 0. The van der Waals surface area contributed by atoms with Crippen molar-refractivity contribution in [2.24, 2.45) is 17.4 Å². The normalized spacial score (nSPS) is 14.1. The first kappa shape index (κ1) is 13.8. The summed E-state index contributed by atoms with van der Waals surface area (Å²) < 4.78 is -1.14. The maximum absolute atomic E-state index is 5.47. The molecule has 0 aliphatic heterocycles. The Morgan fingerprint density at radius 2 is 2.00 bits per heavy atom. The van der Waals surface area contributed by atoms with Gasteiger partial charge in [0.25, 0.3) is 0 Å². The van der Waals surface area contributed by atoms with Gasteiger partial charge >= 0.3 is 0 Å². The largest absolute Gasteiger partial charge is 0.483 e. The Hall–Kier alpha value is 1.19. The number of hydrogen-bond acceptors (Lipinski definition) is 2. The molecule has 10 heavy (non-hydrogen) atoms. The summed E-state index contributed by atoms with van der Waals surface area (Å²) in [4.78, 5) is 0. The molecule has 0 aliphatic carbocycles. The summed E-state index contributed by atoms with van der Waals surface area (Å²) in [5, 5.41) is 0. The van der Waals surface area contributed by atoms with E-state index in [9.17, 15) is 0 Å². The minimum absolute atomic E-state index is 0. The molecule has 0 aromatic rings. The van der Waals surface area contributed by atoms with Gasteiger partial charge in [-0.1, -0.05) is 30.1 Å². The number of halogens is 2. The van der Waals surface area contributed by atoms with Crippen LogP contribution in [0, 0.1) is 12.5 Å². The van der Waals surface area contributed by atoms with Crippen LogP contribution in [-0.2, 0) is 21.1 Å². The van der Waals surface area contributed by atoms with E-state index in [2.05, 4.69) is 0 Å². The van der Waals surface area contributed by atoms with Crippen molar-refractivity contribution in [2.75, 3.05) is 0 Å². The van der Waals surface area contributed by atoms with Gasteiger partial charge in [0.1, 0.15) is 0 Å². The molecule has 66 valence electrons. The van der Waals surface area contributed by atoms with E-state index in [-0.39, 0.29) is 27.0 Å². The van der Waals surface area contributed by atoms with Crippen molar-refractivity contribution in [1.82, 2.24) is 0 Å². The van der Waals surface area contributed by atoms with Gasteiger partial charge in [0, 0.05) is 21.1 Å². The Labute approximate surface area is 85.9 Å². The zero-order valence-electron chi connectivity index (χ0n) is 5.59. The third kappa shape index (κ3) is 9.19. The van der Waals surface area contributed by atoms with E-state index in [0.29, 0.717) is 6.42 Å². The smallest absolute Gasteiger partial charge is 0.164 e. The molecule has 1 unspecified atom stereocenters. The zero-order valence-corrected chi connectivity index (χ0v) is 9.37. The molecule has 5 heteroatoms. The SMILES string of the molecule is CC([CH-]N)CC(N)(Cl)Cl.[Pt]. The summed E-state index contributed by atoms with van der Waals surface area (Å²) >= 11 is 10.9. The van der Waals surface area contributed by atoms with Gasteiger partial charge in [-0.15, -0.1) is 0 Å². The van der Waals surface area contributed by atoms with Crippen LogP contribution >= 0.6 is 23.2 Å². The Morgan fingerprint density at radius 3 is 2.10 bits per heavy atom. The molecule has 0 rings (SSSR count). The maximum atomic E-state index is 5.47.